The topological polar surface area (TPSA) is 64.4 Å². The summed E-state index contributed by atoms with van der Waals surface area (Å²) < 4.78 is 5.88. The molecule has 3 N–H and O–H groups in total. The summed E-state index contributed by atoms with van der Waals surface area (Å²) in [5.41, 5.74) is 8.75. The van der Waals surface area contributed by atoms with Crippen LogP contribution in [-0.4, -0.2) is 24.2 Å². The first-order chi connectivity index (χ1) is 10.8. The van der Waals surface area contributed by atoms with E-state index in [0.29, 0.717) is 0 Å². The lowest BCUT2D eigenvalue weighted by atomic mass is 9.46. The first-order valence-electron chi connectivity index (χ1n) is 8.63. The molecule has 1 aromatic carbocycles. The number of ether oxygens (including phenoxy) is 1. The molecule has 2 aliphatic rings. The summed E-state index contributed by atoms with van der Waals surface area (Å²) in [7, 11) is 0. The van der Waals surface area contributed by atoms with Crippen molar-refractivity contribution in [2.45, 2.75) is 58.6 Å². The molecule has 1 saturated heterocycles. The molecule has 3 atom stereocenters. The van der Waals surface area contributed by atoms with Gasteiger partial charge in [-0.2, -0.15) is 0 Å². The Bertz CT molecular complexity index is 626. The van der Waals surface area contributed by atoms with Gasteiger partial charge in [0.1, 0.15) is 5.54 Å². The third kappa shape index (κ3) is 2.31. The van der Waals surface area contributed by atoms with Crippen molar-refractivity contribution in [2.75, 3.05) is 11.9 Å². The number of amides is 1. The average Bonchev–Trinajstić information content (AvgIpc) is 2.55. The van der Waals surface area contributed by atoms with Crippen LogP contribution in [0, 0.1) is 18.3 Å². The van der Waals surface area contributed by atoms with Crippen LogP contribution in [0.25, 0.3) is 0 Å². The van der Waals surface area contributed by atoms with Crippen molar-refractivity contribution < 1.29 is 9.53 Å². The van der Waals surface area contributed by atoms with Gasteiger partial charge in [0.2, 0.25) is 5.91 Å². The lowest BCUT2D eigenvalue weighted by molar-refractivity contribution is -0.222. The summed E-state index contributed by atoms with van der Waals surface area (Å²) in [5.74, 6) is 0.0301. The monoisotopic (exact) mass is 316 g/mol. The van der Waals surface area contributed by atoms with Crippen LogP contribution in [0.5, 0.6) is 0 Å². The van der Waals surface area contributed by atoms with Gasteiger partial charge in [0, 0.05) is 23.6 Å². The summed E-state index contributed by atoms with van der Waals surface area (Å²) in [6, 6.07) is 6.06. The predicted molar refractivity (Wildman–Crippen MR) is 92.4 cm³/mol. The largest absolute Gasteiger partial charge is 0.377 e. The molecule has 3 rings (SSSR count). The van der Waals surface area contributed by atoms with E-state index in [1.165, 1.54) is 11.1 Å². The number of carbonyl (C=O) groups excluding carboxylic acids is 1. The molecule has 1 heterocycles. The molecule has 4 heteroatoms. The number of hydrogen-bond donors (Lipinski definition) is 2. The molecule has 1 aliphatic heterocycles. The van der Waals surface area contributed by atoms with Crippen molar-refractivity contribution in [1.82, 2.24) is 0 Å². The zero-order valence-electron chi connectivity index (χ0n) is 14.6. The van der Waals surface area contributed by atoms with Gasteiger partial charge in [0.05, 0.1) is 6.10 Å². The van der Waals surface area contributed by atoms with Crippen LogP contribution >= 0.6 is 0 Å². The second-order valence-electron chi connectivity index (χ2n) is 7.58. The Kier molecular flexibility index (Phi) is 4.01. The summed E-state index contributed by atoms with van der Waals surface area (Å²) in [6.45, 7) is 9.09. The van der Waals surface area contributed by atoms with Gasteiger partial charge in [-0.3, -0.25) is 4.79 Å². The van der Waals surface area contributed by atoms with E-state index < -0.39 is 5.54 Å². The highest BCUT2D eigenvalue weighted by atomic mass is 16.5. The number of benzene rings is 1. The number of nitrogens with one attached hydrogen (secondary N) is 1. The maximum Gasteiger partial charge on any atom is 0.245 e. The molecule has 0 radical (unpaired) electrons. The van der Waals surface area contributed by atoms with Gasteiger partial charge in [0.15, 0.2) is 0 Å². The molecule has 126 valence electrons. The van der Waals surface area contributed by atoms with Crippen molar-refractivity contribution in [3.63, 3.8) is 0 Å². The van der Waals surface area contributed by atoms with E-state index >= 15 is 0 Å². The highest BCUT2D eigenvalue weighted by Crippen LogP contribution is 2.57. The van der Waals surface area contributed by atoms with Gasteiger partial charge in [-0.1, -0.05) is 26.8 Å². The number of anilines is 1. The van der Waals surface area contributed by atoms with Gasteiger partial charge in [0.25, 0.3) is 0 Å². The minimum atomic E-state index is -0.866. The smallest absolute Gasteiger partial charge is 0.245 e. The molecule has 1 amide bonds. The van der Waals surface area contributed by atoms with Crippen LogP contribution in [0.15, 0.2) is 18.2 Å². The Labute approximate surface area is 138 Å². The lowest BCUT2D eigenvalue weighted by Crippen LogP contribution is -2.81. The molecule has 1 saturated carbocycles. The number of fused-ring (bicyclic) bond motifs is 1. The fourth-order valence-electron chi connectivity index (χ4n) is 4.40. The zero-order valence-corrected chi connectivity index (χ0v) is 14.6. The van der Waals surface area contributed by atoms with E-state index in [1.54, 1.807) is 0 Å². The first-order valence-corrected chi connectivity index (χ1v) is 8.63. The number of rotatable bonds is 3. The van der Waals surface area contributed by atoms with Gasteiger partial charge in [-0.15, -0.1) is 0 Å². The second kappa shape index (κ2) is 5.60. The van der Waals surface area contributed by atoms with E-state index in [1.807, 2.05) is 19.9 Å². The molecule has 1 aliphatic carbocycles. The zero-order chi connectivity index (χ0) is 16.8. The third-order valence-corrected chi connectivity index (χ3v) is 6.05. The molecule has 0 bridgehead atoms. The molecule has 23 heavy (non-hydrogen) atoms. The quantitative estimate of drug-likeness (QED) is 0.901. The Balaban J connectivity index is 1.82. The lowest BCUT2D eigenvalue weighted by Gasteiger charge is -2.65. The highest BCUT2D eigenvalue weighted by molar-refractivity contribution is 6.00. The van der Waals surface area contributed by atoms with E-state index in [9.17, 15) is 4.79 Å². The molecular weight excluding hydrogens is 288 g/mol. The van der Waals surface area contributed by atoms with Crippen LogP contribution < -0.4 is 11.1 Å². The third-order valence-electron chi connectivity index (χ3n) is 6.05. The minimum Gasteiger partial charge on any atom is -0.377 e. The molecule has 4 nitrogen and oxygen atoms in total. The standard InChI is InChI=1S/C19H28N2O2/c1-5-13-11-14(9-8-12(13)2)21-17(22)19(20)15-7-6-10-23-16(15)18(19,3)4/h8-9,11,15-16H,5-7,10,20H2,1-4H3,(H,21,22). The Morgan fingerprint density at radius 3 is 2.87 bits per heavy atom. The highest BCUT2D eigenvalue weighted by Gasteiger charge is 2.70. The number of nitrogens with two attached hydrogens (primary N) is 1. The maximum atomic E-state index is 13.0. The van der Waals surface area contributed by atoms with E-state index in [0.717, 1.165) is 31.6 Å². The fourth-order valence-corrected chi connectivity index (χ4v) is 4.40. The van der Waals surface area contributed by atoms with Gasteiger partial charge >= 0.3 is 0 Å². The molecule has 0 spiro atoms. The number of carbonyl (C=O) groups is 1. The SMILES string of the molecule is CCc1cc(NC(=O)C2(N)C3CCCOC3C2(C)C)ccc1C. The van der Waals surface area contributed by atoms with Crippen LogP contribution in [0.2, 0.25) is 0 Å². The average molecular weight is 316 g/mol. The van der Waals surface area contributed by atoms with Crippen LogP contribution in [-0.2, 0) is 16.0 Å². The van der Waals surface area contributed by atoms with Crippen molar-refractivity contribution in [2.24, 2.45) is 17.1 Å². The van der Waals surface area contributed by atoms with Crippen LogP contribution in [0.3, 0.4) is 0 Å². The maximum absolute atomic E-state index is 13.0. The van der Waals surface area contributed by atoms with Crippen molar-refractivity contribution in [3.05, 3.63) is 29.3 Å². The van der Waals surface area contributed by atoms with E-state index in [4.69, 9.17) is 10.5 Å². The van der Waals surface area contributed by atoms with E-state index in [-0.39, 0.29) is 23.3 Å². The number of aryl methyl sites for hydroxylation is 2. The molecule has 2 fully saturated rings. The van der Waals surface area contributed by atoms with Crippen molar-refractivity contribution in [1.29, 1.82) is 0 Å². The molecule has 1 aromatic rings. The van der Waals surface area contributed by atoms with Crippen LogP contribution in [0.1, 0.15) is 44.7 Å². The first kappa shape index (κ1) is 16.5. The minimum absolute atomic E-state index is 0.0832. The fraction of sp³-hybridized carbons (Fsp3) is 0.632. The normalized spacial score (nSPS) is 31.9. The Morgan fingerprint density at radius 1 is 1.43 bits per heavy atom. The van der Waals surface area contributed by atoms with Gasteiger partial charge in [-0.25, -0.2) is 0 Å². The van der Waals surface area contributed by atoms with Gasteiger partial charge < -0.3 is 15.8 Å². The van der Waals surface area contributed by atoms with Gasteiger partial charge in [-0.05, 0) is 49.4 Å². The Hall–Kier alpha value is -1.39. The summed E-state index contributed by atoms with van der Waals surface area (Å²) in [4.78, 5) is 13.0. The second-order valence-corrected chi connectivity index (χ2v) is 7.58. The molecule has 0 aromatic heterocycles. The Morgan fingerprint density at radius 2 is 2.17 bits per heavy atom. The summed E-state index contributed by atoms with van der Waals surface area (Å²) >= 11 is 0. The molecule has 3 unspecified atom stereocenters. The van der Waals surface area contributed by atoms with Crippen molar-refractivity contribution >= 4 is 11.6 Å². The number of hydrogen-bond acceptors (Lipinski definition) is 3. The summed E-state index contributed by atoms with van der Waals surface area (Å²) in [5, 5.41) is 3.06. The van der Waals surface area contributed by atoms with Crippen LogP contribution in [0.4, 0.5) is 5.69 Å². The molecular formula is C19H28N2O2. The predicted octanol–water partition coefficient (Wildman–Crippen LogP) is 3.03. The van der Waals surface area contributed by atoms with E-state index in [2.05, 4.69) is 31.3 Å². The summed E-state index contributed by atoms with van der Waals surface area (Å²) in [6.07, 6.45) is 2.99. The van der Waals surface area contributed by atoms with Crippen molar-refractivity contribution in [3.8, 4) is 0 Å².